The lowest BCUT2D eigenvalue weighted by atomic mass is 9.89. The van der Waals surface area contributed by atoms with E-state index >= 15 is 0 Å². The van der Waals surface area contributed by atoms with Crippen LogP contribution in [0, 0.1) is 5.92 Å². The monoisotopic (exact) mass is 333 g/mol. The molecule has 0 aromatic heterocycles. The Balaban J connectivity index is 1.86. The fourth-order valence-electron chi connectivity index (χ4n) is 3.04. The van der Waals surface area contributed by atoms with Crippen LogP contribution in [0.25, 0.3) is 0 Å². The first-order valence-electron chi connectivity index (χ1n) is 8.51. The Morgan fingerprint density at radius 1 is 1.38 bits per heavy atom. The molecule has 0 spiro atoms. The number of urea groups is 1. The smallest absolute Gasteiger partial charge is 0.318 e. The molecule has 1 aromatic rings. The number of hydrogen-bond donors (Lipinski definition) is 3. The van der Waals surface area contributed by atoms with Crippen LogP contribution < -0.4 is 16.4 Å². The van der Waals surface area contributed by atoms with Gasteiger partial charge in [0.05, 0.1) is 12.7 Å². The lowest BCUT2D eigenvalue weighted by Crippen LogP contribution is -2.43. The molecule has 3 unspecified atom stereocenters. The van der Waals surface area contributed by atoms with E-state index in [9.17, 15) is 9.59 Å². The van der Waals surface area contributed by atoms with E-state index in [-0.39, 0.29) is 0 Å². The molecule has 1 fully saturated rings. The molecule has 1 aliphatic carbocycles. The number of benzene rings is 1. The number of primary amides is 1. The van der Waals surface area contributed by atoms with Crippen molar-refractivity contribution in [3.05, 3.63) is 29.8 Å². The van der Waals surface area contributed by atoms with Crippen LogP contribution in [0.4, 0.5) is 10.5 Å². The second-order valence-electron chi connectivity index (χ2n) is 6.62. The Morgan fingerprint density at radius 2 is 2.17 bits per heavy atom. The van der Waals surface area contributed by atoms with Gasteiger partial charge in [0.25, 0.3) is 0 Å². The summed E-state index contributed by atoms with van der Waals surface area (Å²) in [4.78, 5) is 22.4. The Hall–Kier alpha value is -2.08. The zero-order valence-electron chi connectivity index (χ0n) is 14.4. The van der Waals surface area contributed by atoms with Gasteiger partial charge in [0.1, 0.15) is 6.04 Å². The van der Waals surface area contributed by atoms with Crippen molar-refractivity contribution >= 4 is 17.6 Å². The highest BCUT2D eigenvalue weighted by atomic mass is 16.5. The van der Waals surface area contributed by atoms with Gasteiger partial charge in [-0.15, -0.1) is 0 Å². The number of hydrogen-bond acceptors (Lipinski definition) is 4. The molecular weight excluding hydrogens is 306 g/mol. The molecule has 4 N–H and O–H groups in total. The molecule has 0 saturated heterocycles. The van der Waals surface area contributed by atoms with Gasteiger partial charge in [0.2, 0.25) is 5.91 Å². The summed E-state index contributed by atoms with van der Waals surface area (Å²) in [5.41, 5.74) is 6.82. The largest absolute Gasteiger partial charge is 0.374 e. The van der Waals surface area contributed by atoms with Crippen molar-refractivity contribution in [1.82, 2.24) is 5.32 Å². The van der Waals surface area contributed by atoms with Crippen LogP contribution in [0.15, 0.2) is 24.3 Å². The quantitative estimate of drug-likeness (QED) is 0.746. The Labute approximate surface area is 143 Å². The average Bonchev–Trinajstić information content (AvgIpc) is 2.53. The number of nitrogens with one attached hydrogen (secondary N) is 2. The molecule has 6 nitrogen and oxygen atoms in total. The molecule has 2 rings (SSSR count). The third-order valence-corrected chi connectivity index (χ3v) is 4.32. The van der Waals surface area contributed by atoms with Crippen molar-refractivity contribution in [2.75, 3.05) is 5.32 Å². The molecule has 3 atom stereocenters. The molecule has 1 aliphatic rings. The Morgan fingerprint density at radius 3 is 2.88 bits per heavy atom. The molecule has 1 aromatic carbocycles. The lowest BCUT2D eigenvalue weighted by Gasteiger charge is -2.26. The fraction of sp³-hybridized carbons (Fsp3) is 0.556. The summed E-state index contributed by atoms with van der Waals surface area (Å²) in [5, 5.41) is 5.12. The molecule has 6 heteroatoms. The first-order chi connectivity index (χ1) is 11.4. The number of imide groups is 1. The normalized spacial score (nSPS) is 21.8. The van der Waals surface area contributed by atoms with Crippen molar-refractivity contribution in [3.8, 4) is 0 Å². The summed E-state index contributed by atoms with van der Waals surface area (Å²) in [7, 11) is 0. The predicted octanol–water partition coefficient (Wildman–Crippen LogP) is 2.78. The van der Waals surface area contributed by atoms with Crippen LogP contribution in [0.5, 0.6) is 0 Å². The van der Waals surface area contributed by atoms with Crippen molar-refractivity contribution < 1.29 is 14.3 Å². The molecule has 24 heavy (non-hydrogen) atoms. The van der Waals surface area contributed by atoms with E-state index in [1.165, 1.54) is 12.8 Å². The van der Waals surface area contributed by atoms with Crippen LogP contribution in [0.3, 0.4) is 0 Å². The zero-order chi connectivity index (χ0) is 17.5. The number of amides is 3. The summed E-state index contributed by atoms with van der Waals surface area (Å²) >= 11 is 0. The van der Waals surface area contributed by atoms with E-state index in [0.717, 1.165) is 30.0 Å². The van der Waals surface area contributed by atoms with Crippen molar-refractivity contribution in [2.45, 2.75) is 58.3 Å². The van der Waals surface area contributed by atoms with Gasteiger partial charge in [0.15, 0.2) is 0 Å². The molecule has 0 heterocycles. The van der Waals surface area contributed by atoms with Gasteiger partial charge >= 0.3 is 6.03 Å². The van der Waals surface area contributed by atoms with Gasteiger partial charge in [-0.25, -0.2) is 4.79 Å². The standard InChI is InChI=1S/C18H27N3O3/c1-12-5-3-8-16(9-12)24-11-14-6-4-7-15(10-14)20-13(2)17(22)21-18(19)23/h4,6-7,10,12-13,16,20H,3,5,8-9,11H2,1-2H3,(H3,19,21,22,23). The highest BCUT2D eigenvalue weighted by molar-refractivity contribution is 5.97. The number of carbonyl (C=O) groups is 2. The molecule has 0 aliphatic heterocycles. The number of rotatable bonds is 6. The Kier molecular flexibility index (Phi) is 6.61. The Bertz CT molecular complexity index is 576. The second kappa shape index (κ2) is 8.68. The molecule has 3 amide bonds. The minimum Gasteiger partial charge on any atom is -0.374 e. The van der Waals surface area contributed by atoms with Crippen molar-refractivity contribution in [2.24, 2.45) is 11.7 Å². The fourth-order valence-corrected chi connectivity index (χ4v) is 3.04. The third-order valence-electron chi connectivity index (χ3n) is 4.32. The topological polar surface area (TPSA) is 93.4 Å². The van der Waals surface area contributed by atoms with E-state index in [1.54, 1.807) is 6.92 Å². The zero-order valence-corrected chi connectivity index (χ0v) is 14.4. The van der Waals surface area contributed by atoms with Gasteiger partial charge < -0.3 is 15.8 Å². The summed E-state index contributed by atoms with van der Waals surface area (Å²) in [6.45, 7) is 4.51. The maximum Gasteiger partial charge on any atom is 0.318 e. The molecule has 0 radical (unpaired) electrons. The number of carbonyl (C=O) groups excluding carboxylic acids is 2. The minimum absolute atomic E-state index is 0.339. The SMILES string of the molecule is CC1CCCC(OCc2cccc(NC(C)C(=O)NC(N)=O)c2)C1. The molecular formula is C18H27N3O3. The summed E-state index contributed by atoms with van der Waals surface area (Å²) < 4.78 is 6.03. The van der Waals surface area contributed by atoms with E-state index < -0.39 is 18.0 Å². The maximum atomic E-state index is 11.7. The van der Waals surface area contributed by atoms with E-state index in [1.807, 2.05) is 24.3 Å². The van der Waals surface area contributed by atoms with E-state index in [4.69, 9.17) is 10.5 Å². The van der Waals surface area contributed by atoms with Gasteiger partial charge in [-0.05, 0) is 43.4 Å². The van der Waals surface area contributed by atoms with Crippen LogP contribution in [-0.4, -0.2) is 24.1 Å². The first kappa shape index (κ1) is 18.3. The summed E-state index contributed by atoms with van der Waals surface area (Å²) in [5.74, 6) is 0.279. The second-order valence-corrected chi connectivity index (χ2v) is 6.62. The molecule has 132 valence electrons. The van der Waals surface area contributed by atoms with Crippen LogP contribution in [-0.2, 0) is 16.1 Å². The predicted molar refractivity (Wildman–Crippen MR) is 93.5 cm³/mol. The average molecular weight is 333 g/mol. The third kappa shape index (κ3) is 5.85. The minimum atomic E-state index is -0.850. The summed E-state index contributed by atoms with van der Waals surface area (Å²) in [6, 6.07) is 6.35. The summed E-state index contributed by atoms with van der Waals surface area (Å²) in [6.07, 6.45) is 5.13. The van der Waals surface area contributed by atoms with Crippen molar-refractivity contribution in [3.63, 3.8) is 0 Å². The van der Waals surface area contributed by atoms with Gasteiger partial charge in [-0.1, -0.05) is 31.9 Å². The van der Waals surface area contributed by atoms with Gasteiger partial charge in [-0.2, -0.15) is 0 Å². The number of ether oxygens (including phenoxy) is 1. The van der Waals surface area contributed by atoms with Gasteiger partial charge in [-0.3, -0.25) is 10.1 Å². The number of anilines is 1. The van der Waals surface area contributed by atoms with Crippen molar-refractivity contribution in [1.29, 1.82) is 0 Å². The van der Waals surface area contributed by atoms with Crippen LogP contribution in [0.1, 0.15) is 45.1 Å². The van der Waals surface area contributed by atoms with Gasteiger partial charge in [0, 0.05) is 5.69 Å². The maximum absolute atomic E-state index is 11.7. The van der Waals surface area contributed by atoms with Crippen LogP contribution in [0.2, 0.25) is 0 Å². The van der Waals surface area contributed by atoms with Crippen LogP contribution >= 0.6 is 0 Å². The van der Waals surface area contributed by atoms with E-state index in [2.05, 4.69) is 17.6 Å². The number of nitrogens with two attached hydrogens (primary N) is 1. The molecule has 0 bridgehead atoms. The van der Waals surface area contributed by atoms with E-state index in [0.29, 0.717) is 12.7 Å². The highest BCUT2D eigenvalue weighted by Gasteiger charge is 2.19. The molecule has 1 saturated carbocycles. The highest BCUT2D eigenvalue weighted by Crippen LogP contribution is 2.26. The lowest BCUT2D eigenvalue weighted by molar-refractivity contribution is -0.120. The first-order valence-corrected chi connectivity index (χ1v) is 8.51.